The lowest BCUT2D eigenvalue weighted by atomic mass is 9.98. The number of hydrogen-bond acceptors (Lipinski definition) is 1. The summed E-state index contributed by atoms with van der Waals surface area (Å²) in [5, 5.41) is 1.03. The summed E-state index contributed by atoms with van der Waals surface area (Å²) in [5.74, 6) is -0.270. The Morgan fingerprint density at radius 3 is 2.44 bits per heavy atom. The van der Waals surface area contributed by atoms with Gasteiger partial charge in [-0.25, -0.2) is 4.39 Å². The first kappa shape index (κ1) is 13.3. The molecule has 0 saturated carbocycles. The second kappa shape index (κ2) is 5.27. The summed E-state index contributed by atoms with van der Waals surface area (Å²) in [6, 6.07) is 9.57. The first-order valence-electron chi connectivity index (χ1n) is 5.45. The normalized spacial score (nSPS) is 12.5. The molecule has 18 heavy (non-hydrogen) atoms. The topological polar surface area (TPSA) is 26.0 Å². The highest BCUT2D eigenvalue weighted by Gasteiger charge is 2.14. The van der Waals surface area contributed by atoms with Gasteiger partial charge in [0.1, 0.15) is 5.82 Å². The molecule has 0 heterocycles. The van der Waals surface area contributed by atoms with Crippen molar-refractivity contribution >= 4 is 23.2 Å². The van der Waals surface area contributed by atoms with E-state index in [2.05, 4.69) is 0 Å². The van der Waals surface area contributed by atoms with Gasteiger partial charge in [-0.05, 0) is 41.8 Å². The minimum Gasteiger partial charge on any atom is -0.320 e. The van der Waals surface area contributed by atoms with Crippen molar-refractivity contribution in [1.29, 1.82) is 0 Å². The molecule has 94 valence electrons. The molecular formula is C14H12Cl2FN. The zero-order chi connectivity index (χ0) is 13.3. The van der Waals surface area contributed by atoms with E-state index in [0.717, 1.165) is 5.56 Å². The van der Waals surface area contributed by atoms with Gasteiger partial charge in [-0.15, -0.1) is 0 Å². The molecule has 0 bridgehead atoms. The summed E-state index contributed by atoms with van der Waals surface area (Å²) in [6.07, 6.45) is 0. The van der Waals surface area contributed by atoms with Crippen molar-refractivity contribution in [2.24, 2.45) is 5.73 Å². The Bertz CT molecular complexity index is 584. The van der Waals surface area contributed by atoms with Gasteiger partial charge in [-0.1, -0.05) is 41.4 Å². The van der Waals surface area contributed by atoms with Crippen molar-refractivity contribution < 1.29 is 4.39 Å². The minimum atomic E-state index is -0.468. The predicted molar refractivity (Wildman–Crippen MR) is 73.6 cm³/mol. The summed E-state index contributed by atoms with van der Waals surface area (Å²) >= 11 is 11.9. The van der Waals surface area contributed by atoms with E-state index in [9.17, 15) is 4.39 Å². The maximum atomic E-state index is 13.5. The Hall–Kier alpha value is -1.09. The number of rotatable bonds is 2. The van der Waals surface area contributed by atoms with Crippen LogP contribution in [0.25, 0.3) is 0 Å². The lowest BCUT2D eigenvalue weighted by molar-refractivity contribution is 0.614. The van der Waals surface area contributed by atoms with Crippen LogP contribution in [0.5, 0.6) is 0 Å². The van der Waals surface area contributed by atoms with E-state index < -0.39 is 6.04 Å². The van der Waals surface area contributed by atoms with Gasteiger partial charge in [0, 0.05) is 10.0 Å². The first-order chi connectivity index (χ1) is 8.49. The Morgan fingerprint density at radius 1 is 1.11 bits per heavy atom. The molecule has 0 aliphatic heterocycles. The predicted octanol–water partition coefficient (Wildman–Crippen LogP) is 4.49. The molecule has 2 rings (SSSR count). The molecule has 0 aromatic heterocycles. The molecule has 4 heteroatoms. The standard InChI is InChI=1S/C14H12Cl2FN/c1-8-2-3-9(6-13(8)17)14(18)11-5-4-10(15)7-12(11)16/h2-7,14H,18H2,1H3. The molecule has 2 aromatic rings. The zero-order valence-electron chi connectivity index (χ0n) is 9.75. The summed E-state index contributed by atoms with van der Waals surface area (Å²) < 4.78 is 13.5. The number of halogens is 3. The minimum absolute atomic E-state index is 0.270. The van der Waals surface area contributed by atoms with E-state index in [1.54, 1.807) is 37.3 Å². The van der Waals surface area contributed by atoms with Crippen LogP contribution in [-0.2, 0) is 0 Å². The van der Waals surface area contributed by atoms with Crippen molar-refractivity contribution in [2.45, 2.75) is 13.0 Å². The van der Waals surface area contributed by atoms with Crippen LogP contribution < -0.4 is 5.73 Å². The van der Waals surface area contributed by atoms with Gasteiger partial charge in [-0.3, -0.25) is 0 Å². The highest BCUT2D eigenvalue weighted by Crippen LogP contribution is 2.29. The average molecular weight is 284 g/mol. The lowest BCUT2D eigenvalue weighted by Gasteiger charge is -2.15. The lowest BCUT2D eigenvalue weighted by Crippen LogP contribution is -2.12. The van der Waals surface area contributed by atoms with Gasteiger partial charge in [0.15, 0.2) is 0 Å². The highest BCUT2D eigenvalue weighted by molar-refractivity contribution is 6.35. The molecule has 0 radical (unpaired) electrons. The summed E-state index contributed by atoms with van der Waals surface area (Å²) in [4.78, 5) is 0. The number of benzene rings is 2. The molecule has 2 N–H and O–H groups in total. The van der Waals surface area contributed by atoms with Crippen LogP contribution in [0.2, 0.25) is 10.0 Å². The van der Waals surface area contributed by atoms with Crippen LogP contribution in [0.1, 0.15) is 22.7 Å². The Balaban J connectivity index is 2.41. The Labute approximate surface area is 115 Å². The third-order valence-corrected chi connectivity index (χ3v) is 3.41. The fourth-order valence-corrected chi connectivity index (χ4v) is 2.26. The smallest absolute Gasteiger partial charge is 0.126 e. The monoisotopic (exact) mass is 283 g/mol. The summed E-state index contributed by atoms with van der Waals surface area (Å²) in [7, 11) is 0. The third-order valence-electron chi connectivity index (χ3n) is 2.85. The second-order valence-corrected chi connectivity index (χ2v) is 5.00. The fraction of sp³-hybridized carbons (Fsp3) is 0.143. The first-order valence-corrected chi connectivity index (χ1v) is 6.21. The summed E-state index contributed by atoms with van der Waals surface area (Å²) in [5.41, 5.74) is 8.09. The van der Waals surface area contributed by atoms with Crippen LogP contribution in [0.3, 0.4) is 0 Å². The molecule has 0 amide bonds. The largest absolute Gasteiger partial charge is 0.320 e. The zero-order valence-corrected chi connectivity index (χ0v) is 11.3. The van der Waals surface area contributed by atoms with Gasteiger partial charge < -0.3 is 5.73 Å². The molecule has 0 saturated heterocycles. The van der Waals surface area contributed by atoms with Crippen LogP contribution in [0.15, 0.2) is 36.4 Å². The molecule has 0 spiro atoms. The van der Waals surface area contributed by atoms with E-state index >= 15 is 0 Å². The van der Waals surface area contributed by atoms with E-state index in [1.165, 1.54) is 6.07 Å². The maximum absolute atomic E-state index is 13.5. The molecular weight excluding hydrogens is 272 g/mol. The van der Waals surface area contributed by atoms with Gasteiger partial charge in [0.2, 0.25) is 0 Å². The van der Waals surface area contributed by atoms with Crippen molar-refractivity contribution in [3.8, 4) is 0 Å². The van der Waals surface area contributed by atoms with Crippen molar-refractivity contribution in [1.82, 2.24) is 0 Å². The van der Waals surface area contributed by atoms with Gasteiger partial charge >= 0.3 is 0 Å². The Kier molecular flexibility index (Phi) is 3.91. The molecule has 1 nitrogen and oxygen atoms in total. The van der Waals surface area contributed by atoms with Crippen LogP contribution >= 0.6 is 23.2 Å². The SMILES string of the molecule is Cc1ccc(C(N)c2ccc(Cl)cc2Cl)cc1F. The summed E-state index contributed by atoms with van der Waals surface area (Å²) in [6.45, 7) is 1.71. The number of nitrogens with two attached hydrogens (primary N) is 1. The van der Waals surface area contributed by atoms with E-state index in [4.69, 9.17) is 28.9 Å². The Morgan fingerprint density at radius 2 is 1.83 bits per heavy atom. The second-order valence-electron chi connectivity index (χ2n) is 4.15. The van der Waals surface area contributed by atoms with Gasteiger partial charge in [0.25, 0.3) is 0 Å². The molecule has 0 fully saturated rings. The van der Waals surface area contributed by atoms with Crippen LogP contribution in [0.4, 0.5) is 4.39 Å². The molecule has 1 atom stereocenters. The molecule has 2 aromatic carbocycles. The van der Waals surface area contributed by atoms with Crippen molar-refractivity contribution in [2.75, 3.05) is 0 Å². The van der Waals surface area contributed by atoms with Crippen molar-refractivity contribution in [3.05, 3.63) is 69.0 Å². The quantitative estimate of drug-likeness (QED) is 0.864. The van der Waals surface area contributed by atoms with Gasteiger partial charge in [0.05, 0.1) is 6.04 Å². The average Bonchev–Trinajstić information content (AvgIpc) is 2.32. The highest BCUT2D eigenvalue weighted by atomic mass is 35.5. The molecule has 0 aliphatic carbocycles. The molecule has 0 aliphatic rings. The third kappa shape index (κ3) is 2.66. The molecule has 1 unspecified atom stereocenters. The number of aryl methyl sites for hydroxylation is 1. The van der Waals surface area contributed by atoms with Crippen molar-refractivity contribution in [3.63, 3.8) is 0 Å². The van der Waals surface area contributed by atoms with E-state index in [0.29, 0.717) is 21.2 Å². The van der Waals surface area contributed by atoms with E-state index in [1.807, 2.05) is 0 Å². The van der Waals surface area contributed by atoms with Crippen LogP contribution in [-0.4, -0.2) is 0 Å². The van der Waals surface area contributed by atoms with E-state index in [-0.39, 0.29) is 5.82 Å². The van der Waals surface area contributed by atoms with Gasteiger partial charge in [-0.2, -0.15) is 0 Å². The maximum Gasteiger partial charge on any atom is 0.126 e. The van der Waals surface area contributed by atoms with Crippen LogP contribution in [0, 0.1) is 12.7 Å². The number of hydrogen-bond donors (Lipinski definition) is 1. The fourth-order valence-electron chi connectivity index (χ4n) is 1.74.